The molecule has 0 spiro atoms. The summed E-state index contributed by atoms with van der Waals surface area (Å²) in [7, 11) is 4.08. The lowest BCUT2D eigenvalue weighted by atomic mass is 9.95. The van der Waals surface area contributed by atoms with Crippen molar-refractivity contribution in [2.75, 3.05) is 20.6 Å². The zero-order chi connectivity index (χ0) is 9.14. The van der Waals surface area contributed by atoms with Crippen LogP contribution in [-0.2, 0) is 4.79 Å². The molecule has 1 N–H and O–H groups in total. The van der Waals surface area contributed by atoms with E-state index in [1.165, 1.54) is 0 Å². The van der Waals surface area contributed by atoms with Gasteiger partial charge in [-0.15, -0.1) is 0 Å². The Morgan fingerprint density at radius 1 is 1.67 bits per heavy atom. The van der Waals surface area contributed by atoms with Crippen molar-refractivity contribution >= 4 is 5.91 Å². The summed E-state index contributed by atoms with van der Waals surface area (Å²) in [5.74, 6) is 0.445. The molecule has 0 aromatic rings. The zero-order valence-electron chi connectivity index (χ0n) is 8.13. The van der Waals surface area contributed by atoms with Crippen molar-refractivity contribution in [3.8, 4) is 0 Å². The smallest absolute Gasteiger partial charge is 0.224 e. The van der Waals surface area contributed by atoms with Crippen LogP contribution in [-0.4, -0.2) is 37.5 Å². The van der Waals surface area contributed by atoms with Crippen molar-refractivity contribution in [1.29, 1.82) is 0 Å². The molecule has 0 bridgehead atoms. The summed E-state index contributed by atoms with van der Waals surface area (Å²) in [5.41, 5.74) is 0. The van der Waals surface area contributed by atoms with Crippen LogP contribution in [0, 0.1) is 5.92 Å². The topological polar surface area (TPSA) is 32.3 Å². The fraction of sp³-hybridized carbons (Fsp3) is 0.889. The summed E-state index contributed by atoms with van der Waals surface area (Å²) in [6.07, 6.45) is 2.04. The quantitative estimate of drug-likeness (QED) is 0.667. The van der Waals surface area contributed by atoms with Crippen LogP contribution in [0.2, 0.25) is 0 Å². The summed E-state index contributed by atoms with van der Waals surface area (Å²) in [4.78, 5) is 13.5. The van der Waals surface area contributed by atoms with E-state index in [1.807, 2.05) is 14.1 Å². The number of hydrogen-bond donors (Lipinski definition) is 1. The molecule has 70 valence electrons. The molecule has 1 amide bonds. The van der Waals surface area contributed by atoms with Crippen LogP contribution < -0.4 is 5.32 Å². The van der Waals surface area contributed by atoms with Crippen LogP contribution in [0.3, 0.4) is 0 Å². The van der Waals surface area contributed by atoms with E-state index in [1.54, 1.807) is 0 Å². The first-order valence-electron chi connectivity index (χ1n) is 4.61. The molecular weight excluding hydrogens is 152 g/mol. The van der Waals surface area contributed by atoms with E-state index >= 15 is 0 Å². The monoisotopic (exact) mass is 170 g/mol. The highest BCUT2D eigenvalue weighted by Crippen LogP contribution is 2.19. The molecule has 0 aromatic carbocycles. The first kappa shape index (κ1) is 9.52. The Hall–Kier alpha value is -0.570. The molecule has 0 radical (unpaired) electrons. The minimum absolute atomic E-state index is 0.213. The standard InChI is InChI=1S/C9H18N2O/c1-4-8(11(2)3)7-5-6-10-9(7)12/h7-8H,4-6H2,1-3H3,(H,10,12). The van der Waals surface area contributed by atoms with Gasteiger partial charge in [0.2, 0.25) is 5.91 Å². The van der Waals surface area contributed by atoms with Gasteiger partial charge in [0.1, 0.15) is 0 Å². The van der Waals surface area contributed by atoms with Gasteiger partial charge in [0, 0.05) is 12.6 Å². The van der Waals surface area contributed by atoms with Crippen molar-refractivity contribution in [3.63, 3.8) is 0 Å². The third-order valence-corrected chi connectivity index (χ3v) is 2.64. The molecule has 3 heteroatoms. The molecule has 1 saturated heterocycles. The summed E-state index contributed by atoms with van der Waals surface area (Å²) < 4.78 is 0. The van der Waals surface area contributed by atoms with Gasteiger partial charge in [0.15, 0.2) is 0 Å². The Morgan fingerprint density at radius 3 is 2.67 bits per heavy atom. The second-order valence-electron chi connectivity index (χ2n) is 3.63. The molecule has 0 aromatic heterocycles. The van der Waals surface area contributed by atoms with Crippen LogP contribution in [0.4, 0.5) is 0 Å². The fourth-order valence-corrected chi connectivity index (χ4v) is 1.99. The highest BCUT2D eigenvalue weighted by Gasteiger charge is 2.31. The van der Waals surface area contributed by atoms with Crippen molar-refractivity contribution in [2.45, 2.75) is 25.8 Å². The fourth-order valence-electron chi connectivity index (χ4n) is 1.99. The Labute approximate surface area is 74.1 Å². The predicted octanol–water partition coefficient (Wildman–Crippen LogP) is 0.463. The molecule has 1 aliphatic heterocycles. The van der Waals surface area contributed by atoms with Crippen LogP contribution in [0.15, 0.2) is 0 Å². The third kappa shape index (κ3) is 1.78. The lowest BCUT2D eigenvalue weighted by molar-refractivity contribution is -0.124. The van der Waals surface area contributed by atoms with Crippen molar-refractivity contribution in [1.82, 2.24) is 10.2 Å². The largest absolute Gasteiger partial charge is 0.356 e. The molecule has 3 nitrogen and oxygen atoms in total. The lowest BCUT2D eigenvalue weighted by Gasteiger charge is -2.26. The molecule has 1 heterocycles. The molecular formula is C9H18N2O. The van der Waals surface area contributed by atoms with Gasteiger partial charge in [-0.05, 0) is 26.9 Å². The summed E-state index contributed by atoms with van der Waals surface area (Å²) in [6, 6.07) is 0.410. The molecule has 12 heavy (non-hydrogen) atoms. The Kier molecular flexibility index (Phi) is 3.09. The van der Waals surface area contributed by atoms with Crippen molar-refractivity contribution < 1.29 is 4.79 Å². The molecule has 1 rings (SSSR count). The highest BCUT2D eigenvalue weighted by molar-refractivity contribution is 5.81. The van der Waals surface area contributed by atoms with Gasteiger partial charge in [-0.3, -0.25) is 4.79 Å². The van der Waals surface area contributed by atoms with Crippen LogP contribution in [0.5, 0.6) is 0 Å². The molecule has 2 unspecified atom stereocenters. The maximum Gasteiger partial charge on any atom is 0.224 e. The number of amides is 1. The molecule has 0 saturated carbocycles. The number of nitrogens with zero attached hydrogens (tertiary/aromatic N) is 1. The van der Waals surface area contributed by atoms with E-state index in [0.29, 0.717) is 6.04 Å². The second-order valence-corrected chi connectivity index (χ2v) is 3.63. The average molecular weight is 170 g/mol. The van der Waals surface area contributed by atoms with Gasteiger partial charge in [0.05, 0.1) is 5.92 Å². The van der Waals surface area contributed by atoms with E-state index in [4.69, 9.17) is 0 Å². The van der Waals surface area contributed by atoms with Crippen LogP contribution >= 0.6 is 0 Å². The Morgan fingerprint density at radius 2 is 2.33 bits per heavy atom. The number of carbonyl (C=O) groups is 1. The molecule has 0 aliphatic carbocycles. The van der Waals surface area contributed by atoms with Gasteiger partial charge in [0.25, 0.3) is 0 Å². The minimum atomic E-state index is 0.213. The summed E-state index contributed by atoms with van der Waals surface area (Å²) in [6.45, 7) is 2.99. The van der Waals surface area contributed by atoms with Crippen LogP contribution in [0.25, 0.3) is 0 Å². The first-order valence-corrected chi connectivity index (χ1v) is 4.61. The van der Waals surface area contributed by atoms with E-state index in [2.05, 4.69) is 17.1 Å². The van der Waals surface area contributed by atoms with E-state index in [9.17, 15) is 4.79 Å². The third-order valence-electron chi connectivity index (χ3n) is 2.64. The summed E-state index contributed by atoms with van der Waals surface area (Å²) >= 11 is 0. The van der Waals surface area contributed by atoms with Gasteiger partial charge >= 0.3 is 0 Å². The maximum absolute atomic E-state index is 11.3. The second kappa shape index (κ2) is 3.90. The van der Waals surface area contributed by atoms with Gasteiger partial charge in [-0.1, -0.05) is 6.92 Å². The summed E-state index contributed by atoms with van der Waals surface area (Å²) in [5, 5.41) is 2.87. The molecule has 1 aliphatic rings. The Balaban J connectivity index is 2.58. The number of hydrogen-bond acceptors (Lipinski definition) is 2. The molecule has 2 atom stereocenters. The van der Waals surface area contributed by atoms with Crippen LogP contribution in [0.1, 0.15) is 19.8 Å². The van der Waals surface area contributed by atoms with E-state index < -0.39 is 0 Å². The Bertz CT molecular complexity index is 168. The maximum atomic E-state index is 11.3. The number of nitrogens with one attached hydrogen (secondary N) is 1. The first-order chi connectivity index (χ1) is 5.66. The zero-order valence-corrected chi connectivity index (χ0v) is 8.13. The normalized spacial score (nSPS) is 26.0. The number of carbonyl (C=O) groups excluding carboxylic acids is 1. The number of rotatable bonds is 3. The van der Waals surface area contributed by atoms with Gasteiger partial charge in [-0.2, -0.15) is 0 Å². The van der Waals surface area contributed by atoms with E-state index in [0.717, 1.165) is 19.4 Å². The highest BCUT2D eigenvalue weighted by atomic mass is 16.2. The van der Waals surface area contributed by atoms with Gasteiger partial charge < -0.3 is 10.2 Å². The lowest BCUT2D eigenvalue weighted by Crippen LogP contribution is -2.38. The average Bonchev–Trinajstić information content (AvgIpc) is 2.38. The van der Waals surface area contributed by atoms with Gasteiger partial charge in [-0.25, -0.2) is 0 Å². The molecule has 1 fully saturated rings. The van der Waals surface area contributed by atoms with E-state index in [-0.39, 0.29) is 11.8 Å². The van der Waals surface area contributed by atoms with Crippen molar-refractivity contribution in [2.24, 2.45) is 5.92 Å². The minimum Gasteiger partial charge on any atom is -0.356 e. The van der Waals surface area contributed by atoms with Crippen molar-refractivity contribution in [3.05, 3.63) is 0 Å². The predicted molar refractivity (Wildman–Crippen MR) is 48.9 cm³/mol. The SMILES string of the molecule is CCC(C1CCNC1=O)N(C)C.